The maximum Gasteiger partial charge on any atom is 0.312 e. The van der Waals surface area contributed by atoms with Gasteiger partial charge in [0.15, 0.2) is 0 Å². The number of halogens is 1. The quantitative estimate of drug-likeness (QED) is 0.878. The fourth-order valence-electron chi connectivity index (χ4n) is 1.67. The van der Waals surface area contributed by atoms with Gasteiger partial charge in [0.05, 0.1) is 18.3 Å². The zero-order valence-corrected chi connectivity index (χ0v) is 10.7. The van der Waals surface area contributed by atoms with Crippen LogP contribution in [0.5, 0.6) is 0 Å². The molecule has 0 saturated heterocycles. The minimum absolute atomic E-state index is 0.217. The first-order valence-corrected chi connectivity index (χ1v) is 6.04. The van der Waals surface area contributed by atoms with Crippen molar-refractivity contribution < 1.29 is 9.90 Å². The lowest BCUT2D eigenvalue weighted by atomic mass is 9.99. The number of carboxylic acid groups (broad SMARTS) is 1. The van der Waals surface area contributed by atoms with Crippen molar-refractivity contribution in [2.24, 2.45) is 0 Å². The van der Waals surface area contributed by atoms with Gasteiger partial charge < -0.3 is 10.4 Å². The predicted octanol–water partition coefficient (Wildman–Crippen LogP) is 2.41. The molecule has 0 saturated carbocycles. The van der Waals surface area contributed by atoms with Crippen molar-refractivity contribution in [2.75, 3.05) is 11.9 Å². The van der Waals surface area contributed by atoms with Crippen LogP contribution in [0.3, 0.4) is 0 Å². The van der Waals surface area contributed by atoms with E-state index in [-0.39, 0.29) is 11.7 Å². The van der Waals surface area contributed by atoms with Crippen molar-refractivity contribution >= 4 is 23.4 Å². The fourth-order valence-corrected chi connectivity index (χ4v) is 1.81. The standard InChI is InChI=1S/C13H12ClN3O2/c14-11-7-15-8-12(17-11)16-6-10(13(18)19)9-4-2-1-3-5-9/h1-5,7-8,10H,6H2,(H,16,17)(H,18,19). The molecule has 0 amide bonds. The fraction of sp³-hybridized carbons (Fsp3) is 0.154. The Labute approximate surface area is 115 Å². The third-order valence-electron chi connectivity index (χ3n) is 2.59. The number of nitrogens with zero attached hydrogens (tertiary/aromatic N) is 2. The molecule has 2 aromatic rings. The summed E-state index contributed by atoms with van der Waals surface area (Å²) in [5.41, 5.74) is 0.734. The first-order chi connectivity index (χ1) is 9.16. The Hall–Kier alpha value is -2.14. The normalized spacial score (nSPS) is 11.8. The Morgan fingerprint density at radius 2 is 2.05 bits per heavy atom. The third kappa shape index (κ3) is 3.66. The van der Waals surface area contributed by atoms with Gasteiger partial charge in [0.25, 0.3) is 0 Å². The number of anilines is 1. The Morgan fingerprint density at radius 1 is 1.32 bits per heavy atom. The molecule has 0 fully saturated rings. The van der Waals surface area contributed by atoms with E-state index in [9.17, 15) is 9.90 Å². The summed E-state index contributed by atoms with van der Waals surface area (Å²) in [4.78, 5) is 19.2. The van der Waals surface area contributed by atoms with Crippen LogP contribution in [0.4, 0.5) is 5.82 Å². The van der Waals surface area contributed by atoms with E-state index in [4.69, 9.17) is 11.6 Å². The molecule has 1 aromatic heterocycles. The van der Waals surface area contributed by atoms with E-state index >= 15 is 0 Å². The van der Waals surface area contributed by atoms with E-state index in [0.717, 1.165) is 5.56 Å². The summed E-state index contributed by atoms with van der Waals surface area (Å²) in [6.07, 6.45) is 2.91. The molecule has 1 aromatic carbocycles. The van der Waals surface area contributed by atoms with Crippen LogP contribution in [-0.4, -0.2) is 27.6 Å². The van der Waals surface area contributed by atoms with Crippen molar-refractivity contribution in [1.29, 1.82) is 0 Å². The lowest BCUT2D eigenvalue weighted by Crippen LogP contribution is -2.21. The van der Waals surface area contributed by atoms with Crippen molar-refractivity contribution in [3.8, 4) is 0 Å². The maximum absolute atomic E-state index is 11.3. The van der Waals surface area contributed by atoms with Gasteiger partial charge >= 0.3 is 5.97 Å². The molecular formula is C13H12ClN3O2. The second-order valence-electron chi connectivity index (χ2n) is 3.91. The molecule has 1 atom stereocenters. The molecule has 0 aliphatic rings. The average molecular weight is 278 g/mol. The summed E-state index contributed by atoms with van der Waals surface area (Å²) in [5.74, 6) is -1.09. The van der Waals surface area contributed by atoms with Crippen molar-refractivity contribution in [3.05, 3.63) is 53.4 Å². The number of aromatic nitrogens is 2. The number of aliphatic carboxylic acids is 1. The van der Waals surface area contributed by atoms with Gasteiger partial charge in [-0.15, -0.1) is 0 Å². The molecular weight excluding hydrogens is 266 g/mol. The monoisotopic (exact) mass is 277 g/mol. The van der Waals surface area contributed by atoms with E-state index in [1.54, 1.807) is 12.1 Å². The van der Waals surface area contributed by atoms with Crippen LogP contribution in [0.25, 0.3) is 0 Å². The van der Waals surface area contributed by atoms with Gasteiger partial charge in [-0.05, 0) is 5.56 Å². The second-order valence-corrected chi connectivity index (χ2v) is 4.30. The Morgan fingerprint density at radius 3 is 2.68 bits per heavy atom. The van der Waals surface area contributed by atoms with E-state index in [2.05, 4.69) is 15.3 Å². The molecule has 0 bridgehead atoms. The number of hydrogen-bond donors (Lipinski definition) is 2. The van der Waals surface area contributed by atoms with E-state index in [0.29, 0.717) is 5.82 Å². The highest BCUT2D eigenvalue weighted by atomic mass is 35.5. The molecule has 19 heavy (non-hydrogen) atoms. The SMILES string of the molecule is O=C(O)C(CNc1cncc(Cl)n1)c1ccccc1. The van der Waals surface area contributed by atoms with Gasteiger partial charge in [-0.3, -0.25) is 9.78 Å². The van der Waals surface area contributed by atoms with Crippen LogP contribution in [0.15, 0.2) is 42.7 Å². The van der Waals surface area contributed by atoms with Crippen molar-refractivity contribution in [2.45, 2.75) is 5.92 Å². The molecule has 0 aliphatic carbocycles. The Balaban J connectivity index is 2.08. The maximum atomic E-state index is 11.3. The first kappa shape index (κ1) is 13.3. The van der Waals surface area contributed by atoms with Gasteiger partial charge in [0, 0.05) is 6.54 Å². The first-order valence-electron chi connectivity index (χ1n) is 5.66. The number of rotatable bonds is 5. The zero-order chi connectivity index (χ0) is 13.7. The summed E-state index contributed by atoms with van der Waals surface area (Å²) >= 11 is 5.71. The Kier molecular flexibility index (Phi) is 4.30. The number of carboxylic acids is 1. The van der Waals surface area contributed by atoms with Gasteiger partial charge in [0.2, 0.25) is 0 Å². The minimum Gasteiger partial charge on any atom is -0.481 e. The third-order valence-corrected chi connectivity index (χ3v) is 2.77. The van der Waals surface area contributed by atoms with Crippen LogP contribution in [0.1, 0.15) is 11.5 Å². The number of nitrogens with one attached hydrogen (secondary N) is 1. The molecule has 2 N–H and O–H groups in total. The van der Waals surface area contributed by atoms with E-state index in [1.807, 2.05) is 18.2 Å². The number of benzene rings is 1. The van der Waals surface area contributed by atoms with Crippen LogP contribution in [0.2, 0.25) is 5.15 Å². The average Bonchev–Trinajstić information content (AvgIpc) is 2.40. The topological polar surface area (TPSA) is 75.1 Å². The number of carbonyl (C=O) groups is 1. The summed E-state index contributed by atoms with van der Waals surface area (Å²) in [5, 5.41) is 12.4. The summed E-state index contributed by atoms with van der Waals surface area (Å²) in [7, 11) is 0. The summed E-state index contributed by atoms with van der Waals surface area (Å²) < 4.78 is 0. The van der Waals surface area contributed by atoms with Crippen LogP contribution >= 0.6 is 11.6 Å². The second kappa shape index (κ2) is 6.15. The lowest BCUT2D eigenvalue weighted by molar-refractivity contribution is -0.138. The Bertz CT molecular complexity index is 563. The predicted molar refractivity (Wildman–Crippen MR) is 72.4 cm³/mol. The van der Waals surface area contributed by atoms with E-state index in [1.165, 1.54) is 12.4 Å². The summed E-state index contributed by atoms with van der Waals surface area (Å²) in [6, 6.07) is 9.03. The minimum atomic E-state index is -0.895. The molecule has 5 nitrogen and oxygen atoms in total. The highest BCUT2D eigenvalue weighted by Gasteiger charge is 2.19. The molecule has 0 spiro atoms. The van der Waals surface area contributed by atoms with Crippen LogP contribution in [0, 0.1) is 0 Å². The molecule has 2 rings (SSSR count). The molecule has 6 heteroatoms. The van der Waals surface area contributed by atoms with Crippen molar-refractivity contribution in [3.63, 3.8) is 0 Å². The number of hydrogen-bond acceptors (Lipinski definition) is 4. The largest absolute Gasteiger partial charge is 0.481 e. The molecule has 0 radical (unpaired) electrons. The van der Waals surface area contributed by atoms with Gasteiger partial charge in [-0.2, -0.15) is 0 Å². The van der Waals surface area contributed by atoms with Gasteiger partial charge in [0.1, 0.15) is 11.0 Å². The highest BCUT2D eigenvalue weighted by molar-refractivity contribution is 6.29. The smallest absolute Gasteiger partial charge is 0.312 e. The van der Waals surface area contributed by atoms with Crippen molar-refractivity contribution in [1.82, 2.24) is 9.97 Å². The molecule has 1 unspecified atom stereocenters. The lowest BCUT2D eigenvalue weighted by Gasteiger charge is -2.13. The van der Waals surface area contributed by atoms with Gasteiger partial charge in [-0.25, -0.2) is 4.98 Å². The van der Waals surface area contributed by atoms with Crippen LogP contribution in [-0.2, 0) is 4.79 Å². The molecule has 0 aliphatic heterocycles. The van der Waals surface area contributed by atoms with Gasteiger partial charge in [-0.1, -0.05) is 41.9 Å². The molecule has 98 valence electrons. The molecule has 1 heterocycles. The van der Waals surface area contributed by atoms with E-state index < -0.39 is 11.9 Å². The summed E-state index contributed by atoms with van der Waals surface area (Å²) in [6.45, 7) is 0.217. The zero-order valence-electron chi connectivity index (χ0n) is 9.95. The highest BCUT2D eigenvalue weighted by Crippen LogP contribution is 2.17. The van der Waals surface area contributed by atoms with Crippen LogP contribution < -0.4 is 5.32 Å².